The number of halogens is 1. The van der Waals surface area contributed by atoms with Crippen LogP contribution in [0.2, 0.25) is 0 Å². The van der Waals surface area contributed by atoms with Gasteiger partial charge in [-0.2, -0.15) is 4.68 Å². The molecule has 0 atom stereocenters. The molecule has 3 rings (SSSR count). The summed E-state index contributed by atoms with van der Waals surface area (Å²) in [6.07, 6.45) is 0.678. The van der Waals surface area contributed by atoms with Crippen LogP contribution >= 0.6 is 0 Å². The lowest BCUT2D eigenvalue weighted by Crippen LogP contribution is -2.07. The van der Waals surface area contributed by atoms with Gasteiger partial charge < -0.3 is 0 Å². The molecule has 0 aliphatic carbocycles. The highest BCUT2D eigenvalue weighted by Crippen LogP contribution is 2.11. The average molecular weight is 296 g/mol. The Hall–Kier alpha value is -2.89. The Kier molecular flexibility index (Phi) is 4.00. The van der Waals surface area contributed by atoms with E-state index in [0.29, 0.717) is 17.8 Å². The summed E-state index contributed by atoms with van der Waals surface area (Å²) in [5, 5.41) is 11.6. The van der Waals surface area contributed by atoms with Crippen molar-refractivity contribution in [2.75, 3.05) is 0 Å². The molecule has 6 heteroatoms. The lowest BCUT2D eigenvalue weighted by molar-refractivity contribution is 0.0982. The third kappa shape index (κ3) is 3.06. The summed E-state index contributed by atoms with van der Waals surface area (Å²) in [5.74, 6) is 0.189. The number of para-hydroxylation sites is 1. The van der Waals surface area contributed by atoms with Gasteiger partial charge in [0.1, 0.15) is 5.82 Å². The number of benzene rings is 2. The molecule has 0 aliphatic rings. The van der Waals surface area contributed by atoms with Gasteiger partial charge >= 0.3 is 0 Å². The van der Waals surface area contributed by atoms with E-state index < -0.39 is 0 Å². The number of ketones is 1. The first-order chi connectivity index (χ1) is 10.7. The Morgan fingerprint density at radius 2 is 1.77 bits per heavy atom. The molecule has 0 N–H and O–H groups in total. The summed E-state index contributed by atoms with van der Waals surface area (Å²) in [6.45, 7) is 0. The van der Waals surface area contributed by atoms with Crippen LogP contribution in [0.1, 0.15) is 22.6 Å². The lowest BCUT2D eigenvalue weighted by atomic mass is 10.1. The maximum Gasteiger partial charge on any atom is 0.163 e. The number of Topliss-reactive ketones (excluding diaryl/α,β-unsaturated/α-hetero) is 1. The highest BCUT2D eigenvalue weighted by molar-refractivity contribution is 5.96. The van der Waals surface area contributed by atoms with Crippen LogP contribution in [0.25, 0.3) is 5.69 Å². The van der Waals surface area contributed by atoms with Crippen molar-refractivity contribution in [2.24, 2.45) is 0 Å². The number of carbonyl (C=O) groups excluding carboxylic acids is 1. The van der Waals surface area contributed by atoms with Crippen molar-refractivity contribution in [2.45, 2.75) is 12.8 Å². The third-order valence-electron chi connectivity index (χ3n) is 3.28. The highest BCUT2D eigenvalue weighted by atomic mass is 19.1. The lowest BCUT2D eigenvalue weighted by Gasteiger charge is -2.04. The molecule has 22 heavy (non-hydrogen) atoms. The Morgan fingerprint density at radius 1 is 1.05 bits per heavy atom. The van der Waals surface area contributed by atoms with Crippen LogP contribution < -0.4 is 0 Å². The van der Waals surface area contributed by atoms with Crippen molar-refractivity contribution in [3.63, 3.8) is 0 Å². The van der Waals surface area contributed by atoms with Crippen molar-refractivity contribution < 1.29 is 9.18 Å². The molecule has 1 heterocycles. The number of hydrogen-bond acceptors (Lipinski definition) is 4. The van der Waals surface area contributed by atoms with E-state index in [1.165, 1.54) is 24.3 Å². The molecule has 0 saturated heterocycles. The fourth-order valence-electron chi connectivity index (χ4n) is 2.14. The number of tetrazole rings is 1. The Bertz CT molecular complexity index is 768. The second-order valence-electron chi connectivity index (χ2n) is 4.77. The smallest absolute Gasteiger partial charge is 0.163 e. The van der Waals surface area contributed by atoms with Gasteiger partial charge in [-0.1, -0.05) is 18.2 Å². The Morgan fingerprint density at radius 3 is 2.50 bits per heavy atom. The minimum absolute atomic E-state index is 0.0670. The Labute approximate surface area is 126 Å². The summed E-state index contributed by atoms with van der Waals surface area (Å²) >= 11 is 0. The number of aryl methyl sites for hydroxylation is 1. The minimum atomic E-state index is -0.357. The van der Waals surface area contributed by atoms with Crippen LogP contribution in [0.5, 0.6) is 0 Å². The first kappa shape index (κ1) is 14.1. The quantitative estimate of drug-likeness (QED) is 0.679. The molecule has 5 nitrogen and oxygen atoms in total. The first-order valence-corrected chi connectivity index (χ1v) is 6.85. The van der Waals surface area contributed by atoms with Crippen molar-refractivity contribution in [1.29, 1.82) is 0 Å². The molecule has 0 bridgehead atoms. The Balaban J connectivity index is 1.71. The predicted octanol–water partition coefficient (Wildman–Crippen LogP) is 2.62. The monoisotopic (exact) mass is 296 g/mol. The molecule has 0 unspecified atom stereocenters. The summed E-state index contributed by atoms with van der Waals surface area (Å²) in [7, 11) is 0. The van der Waals surface area contributed by atoms with Crippen molar-refractivity contribution >= 4 is 5.78 Å². The largest absolute Gasteiger partial charge is 0.294 e. The highest BCUT2D eigenvalue weighted by Gasteiger charge is 2.12. The minimum Gasteiger partial charge on any atom is -0.294 e. The van der Waals surface area contributed by atoms with Crippen molar-refractivity contribution in [3.8, 4) is 5.69 Å². The van der Waals surface area contributed by atoms with Crippen LogP contribution in [-0.4, -0.2) is 26.0 Å². The normalized spacial score (nSPS) is 10.6. The second-order valence-corrected chi connectivity index (χ2v) is 4.77. The van der Waals surface area contributed by atoms with Gasteiger partial charge in [0.25, 0.3) is 0 Å². The van der Waals surface area contributed by atoms with E-state index in [-0.39, 0.29) is 18.0 Å². The van der Waals surface area contributed by atoms with E-state index >= 15 is 0 Å². The van der Waals surface area contributed by atoms with E-state index in [0.717, 1.165) is 5.69 Å². The zero-order valence-electron chi connectivity index (χ0n) is 11.7. The maximum atomic E-state index is 12.9. The molecule has 0 amide bonds. The predicted molar refractivity (Wildman–Crippen MR) is 78.2 cm³/mol. The summed E-state index contributed by atoms with van der Waals surface area (Å²) in [4.78, 5) is 12.1. The molecule has 0 saturated carbocycles. The zero-order chi connectivity index (χ0) is 15.4. The van der Waals surface area contributed by atoms with E-state index in [1.54, 1.807) is 4.68 Å². The van der Waals surface area contributed by atoms with Gasteiger partial charge in [-0.05, 0) is 46.8 Å². The van der Waals surface area contributed by atoms with E-state index in [2.05, 4.69) is 15.5 Å². The van der Waals surface area contributed by atoms with Crippen LogP contribution in [0, 0.1) is 5.82 Å². The molecular formula is C16H13FN4O. The van der Waals surface area contributed by atoms with E-state index in [4.69, 9.17) is 0 Å². The molecule has 1 aromatic heterocycles. The van der Waals surface area contributed by atoms with Gasteiger partial charge in [0.15, 0.2) is 11.6 Å². The molecule has 0 fully saturated rings. The van der Waals surface area contributed by atoms with Gasteiger partial charge in [-0.25, -0.2) is 4.39 Å². The summed E-state index contributed by atoms with van der Waals surface area (Å²) in [6, 6.07) is 15.0. The fourth-order valence-corrected chi connectivity index (χ4v) is 2.14. The summed E-state index contributed by atoms with van der Waals surface area (Å²) in [5.41, 5.74) is 1.33. The SMILES string of the molecule is O=C(CCc1nnnn1-c1ccccc1)c1ccc(F)cc1. The number of hydrogen-bond donors (Lipinski definition) is 0. The summed E-state index contributed by atoms with van der Waals surface area (Å²) < 4.78 is 14.5. The molecule has 2 aromatic carbocycles. The van der Waals surface area contributed by atoms with Crippen LogP contribution in [0.3, 0.4) is 0 Å². The van der Waals surface area contributed by atoms with Crippen molar-refractivity contribution in [1.82, 2.24) is 20.2 Å². The molecule has 110 valence electrons. The van der Waals surface area contributed by atoms with Crippen LogP contribution in [0.4, 0.5) is 4.39 Å². The number of rotatable bonds is 5. The first-order valence-electron chi connectivity index (χ1n) is 6.85. The van der Waals surface area contributed by atoms with E-state index in [1.807, 2.05) is 30.3 Å². The number of aromatic nitrogens is 4. The van der Waals surface area contributed by atoms with Crippen molar-refractivity contribution in [3.05, 3.63) is 71.8 Å². The number of nitrogens with zero attached hydrogens (tertiary/aromatic N) is 4. The van der Waals surface area contributed by atoms with Gasteiger partial charge in [0, 0.05) is 18.4 Å². The molecule has 0 radical (unpaired) electrons. The van der Waals surface area contributed by atoms with Crippen LogP contribution in [-0.2, 0) is 6.42 Å². The van der Waals surface area contributed by atoms with Gasteiger partial charge in [0.2, 0.25) is 0 Å². The molecule has 0 spiro atoms. The number of carbonyl (C=O) groups is 1. The van der Waals surface area contributed by atoms with Gasteiger partial charge in [-0.3, -0.25) is 4.79 Å². The fraction of sp³-hybridized carbons (Fsp3) is 0.125. The third-order valence-corrected chi connectivity index (χ3v) is 3.28. The second kappa shape index (κ2) is 6.26. The standard InChI is InChI=1S/C16H13FN4O/c17-13-8-6-12(7-9-13)15(22)10-11-16-18-19-20-21(16)14-4-2-1-3-5-14/h1-9H,10-11H2. The average Bonchev–Trinajstić information content (AvgIpc) is 3.02. The van der Waals surface area contributed by atoms with Crippen LogP contribution in [0.15, 0.2) is 54.6 Å². The molecule has 0 aliphatic heterocycles. The maximum absolute atomic E-state index is 12.9. The zero-order valence-corrected chi connectivity index (χ0v) is 11.7. The molecular weight excluding hydrogens is 283 g/mol. The van der Waals surface area contributed by atoms with Gasteiger partial charge in [0.05, 0.1) is 5.69 Å². The van der Waals surface area contributed by atoms with E-state index in [9.17, 15) is 9.18 Å². The van der Waals surface area contributed by atoms with Gasteiger partial charge in [-0.15, -0.1) is 5.10 Å². The topological polar surface area (TPSA) is 60.7 Å². The molecule has 3 aromatic rings.